The molecule has 0 saturated heterocycles. The SMILES string of the molecule is COc1ccc(C(=O)N/N=C/c2cccc(Cl)c2)cc1I. The van der Waals surface area contributed by atoms with Crippen LogP contribution in [0, 0.1) is 3.57 Å². The van der Waals surface area contributed by atoms with Crippen LogP contribution in [0.15, 0.2) is 47.6 Å². The van der Waals surface area contributed by atoms with Crippen LogP contribution in [0.2, 0.25) is 5.02 Å². The van der Waals surface area contributed by atoms with E-state index in [1.807, 2.05) is 12.1 Å². The van der Waals surface area contributed by atoms with Crippen LogP contribution in [0.25, 0.3) is 0 Å². The number of hydrazone groups is 1. The average molecular weight is 415 g/mol. The largest absolute Gasteiger partial charge is 0.496 e. The first-order valence-electron chi connectivity index (χ1n) is 6.02. The number of hydrogen-bond donors (Lipinski definition) is 1. The first-order valence-corrected chi connectivity index (χ1v) is 7.48. The molecular formula is C15H12ClIN2O2. The Bertz CT molecular complexity index is 689. The average Bonchev–Trinajstić information content (AvgIpc) is 2.47. The molecule has 0 atom stereocenters. The molecule has 108 valence electrons. The number of ether oxygens (including phenoxy) is 1. The van der Waals surface area contributed by atoms with Gasteiger partial charge in [0.05, 0.1) is 16.9 Å². The minimum absolute atomic E-state index is 0.283. The van der Waals surface area contributed by atoms with E-state index in [9.17, 15) is 4.79 Å². The summed E-state index contributed by atoms with van der Waals surface area (Å²) in [6.45, 7) is 0. The zero-order valence-corrected chi connectivity index (χ0v) is 14.1. The number of rotatable bonds is 4. The monoisotopic (exact) mass is 414 g/mol. The Balaban J connectivity index is 2.03. The van der Waals surface area contributed by atoms with Crippen LogP contribution in [0.4, 0.5) is 0 Å². The van der Waals surface area contributed by atoms with Gasteiger partial charge in [0.1, 0.15) is 5.75 Å². The van der Waals surface area contributed by atoms with E-state index in [4.69, 9.17) is 16.3 Å². The fraction of sp³-hybridized carbons (Fsp3) is 0.0667. The Morgan fingerprint density at radius 3 is 2.81 bits per heavy atom. The van der Waals surface area contributed by atoms with Crippen molar-refractivity contribution in [3.8, 4) is 5.75 Å². The second kappa shape index (κ2) is 7.42. The van der Waals surface area contributed by atoms with Crippen molar-refractivity contribution in [3.63, 3.8) is 0 Å². The Hall–Kier alpha value is -1.60. The summed E-state index contributed by atoms with van der Waals surface area (Å²) in [5.41, 5.74) is 3.80. The van der Waals surface area contributed by atoms with Crippen molar-refractivity contribution >= 4 is 46.3 Å². The molecule has 0 bridgehead atoms. The normalized spacial score (nSPS) is 10.6. The number of amides is 1. The van der Waals surface area contributed by atoms with Crippen molar-refractivity contribution in [2.75, 3.05) is 7.11 Å². The van der Waals surface area contributed by atoms with Gasteiger partial charge >= 0.3 is 0 Å². The summed E-state index contributed by atoms with van der Waals surface area (Å²) >= 11 is 7.98. The molecule has 2 aromatic carbocycles. The lowest BCUT2D eigenvalue weighted by Crippen LogP contribution is -2.17. The summed E-state index contributed by atoms with van der Waals surface area (Å²) < 4.78 is 6.01. The van der Waals surface area contributed by atoms with Crippen LogP contribution in [-0.2, 0) is 0 Å². The summed E-state index contributed by atoms with van der Waals surface area (Å²) in [4.78, 5) is 12.0. The highest BCUT2D eigenvalue weighted by Gasteiger charge is 2.07. The zero-order valence-electron chi connectivity index (χ0n) is 11.1. The summed E-state index contributed by atoms with van der Waals surface area (Å²) in [6, 6.07) is 12.4. The number of carbonyl (C=O) groups excluding carboxylic acids is 1. The van der Waals surface area contributed by atoms with E-state index >= 15 is 0 Å². The van der Waals surface area contributed by atoms with Gasteiger partial charge < -0.3 is 4.74 Å². The van der Waals surface area contributed by atoms with Crippen LogP contribution in [0.5, 0.6) is 5.75 Å². The Morgan fingerprint density at radius 2 is 2.14 bits per heavy atom. The second-order valence-corrected chi connectivity index (χ2v) is 5.70. The van der Waals surface area contributed by atoms with Gasteiger partial charge in [-0.15, -0.1) is 0 Å². The van der Waals surface area contributed by atoms with E-state index < -0.39 is 0 Å². The number of halogens is 2. The molecule has 0 heterocycles. The van der Waals surface area contributed by atoms with E-state index in [1.54, 1.807) is 37.4 Å². The molecule has 6 heteroatoms. The first-order chi connectivity index (χ1) is 10.1. The lowest BCUT2D eigenvalue weighted by atomic mass is 10.2. The predicted octanol–water partition coefficient (Wildman–Crippen LogP) is 3.72. The van der Waals surface area contributed by atoms with Crippen molar-refractivity contribution in [2.45, 2.75) is 0 Å². The smallest absolute Gasteiger partial charge is 0.271 e. The maximum absolute atomic E-state index is 12.0. The van der Waals surface area contributed by atoms with E-state index in [0.717, 1.165) is 14.9 Å². The molecule has 0 unspecified atom stereocenters. The molecule has 2 aromatic rings. The molecule has 1 amide bonds. The molecule has 0 saturated carbocycles. The molecule has 4 nitrogen and oxygen atoms in total. The number of carbonyl (C=O) groups is 1. The van der Waals surface area contributed by atoms with Gasteiger partial charge in [-0.25, -0.2) is 5.43 Å². The molecule has 1 N–H and O–H groups in total. The van der Waals surface area contributed by atoms with E-state index in [2.05, 4.69) is 33.1 Å². The van der Waals surface area contributed by atoms with Crippen molar-refractivity contribution in [2.24, 2.45) is 5.10 Å². The van der Waals surface area contributed by atoms with Gasteiger partial charge in [0, 0.05) is 10.6 Å². The highest BCUT2D eigenvalue weighted by molar-refractivity contribution is 14.1. The fourth-order valence-corrected chi connectivity index (χ4v) is 2.56. The van der Waals surface area contributed by atoms with Gasteiger partial charge in [-0.3, -0.25) is 4.79 Å². The van der Waals surface area contributed by atoms with Gasteiger partial charge in [-0.1, -0.05) is 23.7 Å². The molecule has 0 fully saturated rings. The molecule has 2 rings (SSSR count). The summed E-state index contributed by atoms with van der Waals surface area (Å²) in [5.74, 6) is 0.448. The third kappa shape index (κ3) is 4.44. The van der Waals surface area contributed by atoms with E-state index in [0.29, 0.717) is 10.6 Å². The van der Waals surface area contributed by atoms with Crippen LogP contribution in [-0.4, -0.2) is 19.2 Å². The fourth-order valence-electron chi connectivity index (χ4n) is 1.62. The Labute approximate surface area is 141 Å². The zero-order chi connectivity index (χ0) is 15.2. The molecule has 0 aliphatic rings. The van der Waals surface area contributed by atoms with Crippen molar-refractivity contribution in [3.05, 3.63) is 62.2 Å². The van der Waals surface area contributed by atoms with E-state index in [1.165, 1.54) is 6.21 Å². The van der Waals surface area contributed by atoms with Crippen molar-refractivity contribution < 1.29 is 9.53 Å². The third-order valence-corrected chi connectivity index (χ3v) is 3.72. The maximum atomic E-state index is 12.0. The lowest BCUT2D eigenvalue weighted by Gasteiger charge is -2.05. The van der Waals surface area contributed by atoms with Crippen LogP contribution < -0.4 is 10.2 Å². The van der Waals surface area contributed by atoms with Crippen LogP contribution >= 0.6 is 34.2 Å². The standard InChI is InChI=1S/C15H12ClIN2O2/c1-21-14-6-5-11(8-13(14)17)15(20)19-18-9-10-3-2-4-12(16)7-10/h2-9H,1H3,(H,19,20)/b18-9+. The molecular weight excluding hydrogens is 403 g/mol. The Kier molecular flexibility index (Phi) is 5.58. The molecule has 0 aromatic heterocycles. The molecule has 21 heavy (non-hydrogen) atoms. The van der Waals surface area contributed by atoms with Crippen LogP contribution in [0.1, 0.15) is 15.9 Å². The van der Waals surface area contributed by atoms with Gasteiger partial charge in [0.2, 0.25) is 0 Å². The highest BCUT2D eigenvalue weighted by atomic mass is 127. The van der Waals surface area contributed by atoms with Crippen molar-refractivity contribution in [1.82, 2.24) is 5.43 Å². The highest BCUT2D eigenvalue weighted by Crippen LogP contribution is 2.21. The molecule has 0 spiro atoms. The summed E-state index contributed by atoms with van der Waals surface area (Å²) in [7, 11) is 1.59. The Morgan fingerprint density at radius 1 is 1.33 bits per heavy atom. The van der Waals surface area contributed by atoms with Crippen LogP contribution in [0.3, 0.4) is 0 Å². The van der Waals surface area contributed by atoms with Crippen molar-refractivity contribution in [1.29, 1.82) is 0 Å². The summed E-state index contributed by atoms with van der Waals surface area (Å²) in [5, 5.41) is 4.53. The van der Waals surface area contributed by atoms with Gasteiger partial charge in [0.15, 0.2) is 0 Å². The number of nitrogens with zero attached hydrogens (tertiary/aromatic N) is 1. The lowest BCUT2D eigenvalue weighted by molar-refractivity contribution is 0.0955. The molecule has 0 aliphatic carbocycles. The molecule has 0 aliphatic heterocycles. The van der Waals surface area contributed by atoms with E-state index in [-0.39, 0.29) is 5.91 Å². The maximum Gasteiger partial charge on any atom is 0.271 e. The second-order valence-electron chi connectivity index (χ2n) is 4.10. The summed E-state index contributed by atoms with van der Waals surface area (Å²) in [6.07, 6.45) is 1.54. The van der Waals surface area contributed by atoms with Gasteiger partial charge in [-0.2, -0.15) is 5.10 Å². The number of methoxy groups -OCH3 is 1. The quantitative estimate of drug-likeness (QED) is 0.471. The number of hydrogen-bond acceptors (Lipinski definition) is 3. The minimum atomic E-state index is -0.283. The van der Waals surface area contributed by atoms with Gasteiger partial charge in [0.25, 0.3) is 5.91 Å². The number of nitrogens with one attached hydrogen (secondary N) is 1. The van der Waals surface area contributed by atoms with Gasteiger partial charge in [-0.05, 0) is 58.5 Å². The predicted molar refractivity (Wildman–Crippen MR) is 92.2 cm³/mol. The first kappa shape index (κ1) is 15.8. The molecule has 0 radical (unpaired) electrons. The topological polar surface area (TPSA) is 50.7 Å². The number of benzene rings is 2. The third-order valence-electron chi connectivity index (χ3n) is 2.64. The minimum Gasteiger partial charge on any atom is -0.496 e.